The van der Waals surface area contributed by atoms with Gasteiger partial charge >= 0.3 is 0 Å². The molecule has 0 unspecified atom stereocenters. The van der Waals surface area contributed by atoms with Gasteiger partial charge in [0.2, 0.25) is 0 Å². The van der Waals surface area contributed by atoms with Gasteiger partial charge in [-0.2, -0.15) is 5.10 Å². The molecule has 0 aromatic carbocycles. The Morgan fingerprint density at radius 3 is 2.57 bits per heavy atom. The summed E-state index contributed by atoms with van der Waals surface area (Å²) in [6, 6.07) is 0. The topological polar surface area (TPSA) is 76.2 Å². The summed E-state index contributed by atoms with van der Waals surface area (Å²) < 4.78 is 1.68. The van der Waals surface area contributed by atoms with Gasteiger partial charge in [-0.1, -0.05) is 12.8 Å². The standard InChI is InChI=1S/C15H27N5O/c1-5-20-13(12(16)11(2)18-20)14(21)17-10-15(19(3)4)8-6-7-9-15/h5-10,16H2,1-4H3,(H,17,21). The van der Waals surface area contributed by atoms with E-state index in [1.165, 1.54) is 12.8 Å². The first-order valence-corrected chi connectivity index (χ1v) is 7.70. The van der Waals surface area contributed by atoms with Crippen LogP contribution in [0.25, 0.3) is 0 Å². The first-order valence-electron chi connectivity index (χ1n) is 7.70. The van der Waals surface area contributed by atoms with E-state index in [-0.39, 0.29) is 11.4 Å². The van der Waals surface area contributed by atoms with E-state index in [1.807, 2.05) is 13.8 Å². The van der Waals surface area contributed by atoms with Gasteiger partial charge in [0.15, 0.2) is 0 Å². The Hall–Kier alpha value is -1.56. The molecular weight excluding hydrogens is 266 g/mol. The lowest BCUT2D eigenvalue weighted by Crippen LogP contribution is -2.51. The lowest BCUT2D eigenvalue weighted by atomic mass is 9.96. The molecule has 1 aliphatic rings. The van der Waals surface area contributed by atoms with E-state index in [4.69, 9.17) is 5.73 Å². The number of aromatic nitrogens is 2. The number of rotatable bonds is 5. The Morgan fingerprint density at radius 1 is 1.43 bits per heavy atom. The molecule has 1 saturated carbocycles. The van der Waals surface area contributed by atoms with Crippen molar-refractivity contribution in [2.45, 2.75) is 51.6 Å². The fraction of sp³-hybridized carbons (Fsp3) is 0.733. The summed E-state index contributed by atoms with van der Waals surface area (Å²) in [6.45, 7) is 5.09. The van der Waals surface area contributed by atoms with Crippen LogP contribution in [0.5, 0.6) is 0 Å². The third-order valence-corrected chi connectivity index (χ3v) is 4.75. The Balaban J connectivity index is 2.12. The van der Waals surface area contributed by atoms with Crippen molar-refractivity contribution in [3.8, 4) is 0 Å². The summed E-state index contributed by atoms with van der Waals surface area (Å²) in [5.74, 6) is -0.122. The number of nitrogen functional groups attached to an aromatic ring is 1. The number of amides is 1. The molecule has 2 rings (SSSR count). The van der Waals surface area contributed by atoms with Crippen LogP contribution in [0.4, 0.5) is 5.69 Å². The number of nitrogens with two attached hydrogens (primary N) is 1. The number of nitrogens with zero attached hydrogens (tertiary/aromatic N) is 3. The van der Waals surface area contributed by atoms with Crippen LogP contribution in [0.1, 0.15) is 48.8 Å². The highest BCUT2D eigenvalue weighted by atomic mass is 16.2. The van der Waals surface area contributed by atoms with Gasteiger partial charge in [0.25, 0.3) is 5.91 Å². The average Bonchev–Trinajstić information content (AvgIpc) is 3.03. The Labute approximate surface area is 126 Å². The van der Waals surface area contributed by atoms with Crippen LogP contribution in [0.15, 0.2) is 0 Å². The highest BCUT2D eigenvalue weighted by Gasteiger charge is 2.36. The second-order valence-corrected chi connectivity index (χ2v) is 6.17. The van der Waals surface area contributed by atoms with Gasteiger partial charge in [-0.15, -0.1) is 0 Å². The Bertz CT molecular complexity index is 514. The molecular formula is C15H27N5O. The number of hydrogen-bond donors (Lipinski definition) is 2. The fourth-order valence-corrected chi connectivity index (χ4v) is 3.21. The molecule has 0 saturated heterocycles. The van der Waals surface area contributed by atoms with Gasteiger partial charge in [-0.3, -0.25) is 9.48 Å². The van der Waals surface area contributed by atoms with E-state index in [0.29, 0.717) is 30.2 Å². The molecule has 1 aromatic rings. The van der Waals surface area contributed by atoms with Crippen LogP contribution < -0.4 is 11.1 Å². The van der Waals surface area contributed by atoms with Crippen LogP contribution in [-0.2, 0) is 6.54 Å². The van der Waals surface area contributed by atoms with Crippen LogP contribution >= 0.6 is 0 Å². The van der Waals surface area contributed by atoms with Gasteiger partial charge < -0.3 is 16.0 Å². The summed E-state index contributed by atoms with van der Waals surface area (Å²) in [6.07, 6.45) is 4.70. The van der Waals surface area contributed by atoms with Gasteiger partial charge in [-0.25, -0.2) is 0 Å². The molecule has 0 atom stereocenters. The van der Waals surface area contributed by atoms with E-state index < -0.39 is 0 Å². The third kappa shape index (κ3) is 2.90. The van der Waals surface area contributed by atoms with Crippen LogP contribution in [0.2, 0.25) is 0 Å². The number of carbonyl (C=O) groups is 1. The normalized spacial score (nSPS) is 17.4. The lowest BCUT2D eigenvalue weighted by molar-refractivity contribution is 0.0890. The molecule has 0 radical (unpaired) electrons. The quantitative estimate of drug-likeness (QED) is 0.860. The number of aryl methyl sites for hydroxylation is 2. The van der Waals surface area contributed by atoms with E-state index >= 15 is 0 Å². The average molecular weight is 293 g/mol. The monoisotopic (exact) mass is 293 g/mol. The molecule has 118 valence electrons. The zero-order valence-corrected chi connectivity index (χ0v) is 13.6. The predicted molar refractivity (Wildman–Crippen MR) is 84.3 cm³/mol. The molecule has 0 aliphatic heterocycles. The summed E-state index contributed by atoms with van der Waals surface area (Å²) in [5.41, 5.74) is 7.77. The van der Waals surface area contributed by atoms with Crippen molar-refractivity contribution < 1.29 is 4.79 Å². The molecule has 21 heavy (non-hydrogen) atoms. The van der Waals surface area contributed by atoms with Crippen molar-refractivity contribution in [3.05, 3.63) is 11.4 Å². The molecule has 0 spiro atoms. The van der Waals surface area contributed by atoms with Crippen molar-refractivity contribution in [3.63, 3.8) is 0 Å². The third-order valence-electron chi connectivity index (χ3n) is 4.75. The second-order valence-electron chi connectivity index (χ2n) is 6.17. The van der Waals surface area contributed by atoms with Gasteiger partial charge in [0.1, 0.15) is 5.69 Å². The molecule has 0 bridgehead atoms. The lowest BCUT2D eigenvalue weighted by Gasteiger charge is -2.36. The predicted octanol–water partition coefficient (Wildman–Crippen LogP) is 1.40. The molecule has 1 aromatic heterocycles. The van der Waals surface area contributed by atoms with Gasteiger partial charge in [0.05, 0.1) is 11.4 Å². The number of likely N-dealkylation sites (N-methyl/N-ethyl adjacent to an activating group) is 1. The highest BCUT2D eigenvalue weighted by Crippen LogP contribution is 2.33. The maximum atomic E-state index is 12.5. The first kappa shape index (κ1) is 15.8. The minimum absolute atomic E-state index is 0.0799. The summed E-state index contributed by atoms with van der Waals surface area (Å²) in [7, 11) is 4.18. The molecule has 1 heterocycles. The first-order chi connectivity index (χ1) is 9.91. The maximum absolute atomic E-state index is 12.5. The molecule has 1 fully saturated rings. The number of anilines is 1. The van der Waals surface area contributed by atoms with Crippen molar-refractivity contribution in [1.29, 1.82) is 0 Å². The van der Waals surface area contributed by atoms with E-state index in [9.17, 15) is 4.79 Å². The number of carbonyl (C=O) groups excluding carboxylic acids is 1. The number of hydrogen-bond acceptors (Lipinski definition) is 4. The molecule has 1 amide bonds. The molecule has 6 heteroatoms. The van der Waals surface area contributed by atoms with Crippen molar-refractivity contribution in [1.82, 2.24) is 20.0 Å². The smallest absolute Gasteiger partial charge is 0.271 e. The zero-order chi connectivity index (χ0) is 15.6. The maximum Gasteiger partial charge on any atom is 0.271 e. The SMILES string of the molecule is CCn1nc(C)c(N)c1C(=O)NCC1(N(C)C)CCCC1. The molecule has 3 N–H and O–H groups in total. The fourth-order valence-electron chi connectivity index (χ4n) is 3.21. The van der Waals surface area contributed by atoms with Gasteiger partial charge in [-0.05, 0) is 40.8 Å². The Kier molecular flexibility index (Phi) is 4.56. The van der Waals surface area contributed by atoms with E-state index in [2.05, 4.69) is 29.4 Å². The Morgan fingerprint density at radius 2 is 2.05 bits per heavy atom. The van der Waals surface area contributed by atoms with Crippen LogP contribution in [-0.4, -0.2) is 46.8 Å². The van der Waals surface area contributed by atoms with E-state index in [1.54, 1.807) is 4.68 Å². The minimum Gasteiger partial charge on any atom is -0.395 e. The zero-order valence-electron chi connectivity index (χ0n) is 13.6. The molecule has 6 nitrogen and oxygen atoms in total. The van der Waals surface area contributed by atoms with Crippen LogP contribution in [0.3, 0.4) is 0 Å². The summed E-state index contributed by atoms with van der Waals surface area (Å²) >= 11 is 0. The van der Waals surface area contributed by atoms with Gasteiger partial charge in [0, 0.05) is 18.6 Å². The van der Waals surface area contributed by atoms with Crippen molar-refractivity contribution >= 4 is 11.6 Å². The largest absolute Gasteiger partial charge is 0.395 e. The minimum atomic E-state index is -0.122. The van der Waals surface area contributed by atoms with Crippen LogP contribution in [0, 0.1) is 6.92 Å². The second kappa shape index (κ2) is 6.05. The summed E-state index contributed by atoms with van der Waals surface area (Å²) in [5, 5.41) is 7.37. The highest BCUT2D eigenvalue weighted by molar-refractivity contribution is 5.98. The molecule has 1 aliphatic carbocycles. The van der Waals surface area contributed by atoms with Crippen molar-refractivity contribution in [2.24, 2.45) is 0 Å². The van der Waals surface area contributed by atoms with Crippen molar-refractivity contribution in [2.75, 3.05) is 26.4 Å². The number of nitrogens with one attached hydrogen (secondary N) is 1. The summed E-state index contributed by atoms with van der Waals surface area (Å²) in [4.78, 5) is 14.8. The van der Waals surface area contributed by atoms with E-state index in [0.717, 1.165) is 12.8 Å².